The molecule has 0 radical (unpaired) electrons. The molecule has 0 heterocycles. The molecule has 14 heavy (non-hydrogen) atoms. The first-order valence-corrected chi connectivity index (χ1v) is 6.19. The van der Waals surface area contributed by atoms with Crippen LogP contribution in [0.25, 0.3) is 0 Å². The molecule has 0 N–H and O–H groups in total. The van der Waals surface area contributed by atoms with E-state index in [1.54, 1.807) is 4.90 Å². The van der Waals surface area contributed by atoms with Gasteiger partial charge in [-0.2, -0.15) is 0 Å². The SMILES string of the molecule is CCCOS(=O)CC(=O)N(CC)CC. The highest BCUT2D eigenvalue weighted by atomic mass is 32.2. The highest BCUT2D eigenvalue weighted by Crippen LogP contribution is 1.94. The molecule has 5 heteroatoms. The van der Waals surface area contributed by atoms with Crippen LogP contribution in [0.3, 0.4) is 0 Å². The maximum Gasteiger partial charge on any atom is 0.237 e. The lowest BCUT2D eigenvalue weighted by molar-refractivity contribution is -0.128. The maximum atomic E-state index is 11.4. The molecule has 0 saturated heterocycles. The van der Waals surface area contributed by atoms with E-state index in [0.29, 0.717) is 19.7 Å². The van der Waals surface area contributed by atoms with Gasteiger partial charge in [0, 0.05) is 13.1 Å². The zero-order valence-electron chi connectivity index (χ0n) is 9.12. The average Bonchev–Trinajstić information content (AvgIpc) is 2.16. The van der Waals surface area contributed by atoms with Crippen molar-refractivity contribution < 1.29 is 13.2 Å². The first-order chi connectivity index (χ1) is 6.65. The fourth-order valence-corrected chi connectivity index (χ4v) is 1.81. The van der Waals surface area contributed by atoms with Gasteiger partial charge >= 0.3 is 0 Å². The third-order valence-electron chi connectivity index (χ3n) is 1.78. The zero-order chi connectivity index (χ0) is 11.0. The van der Waals surface area contributed by atoms with Crippen molar-refractivity contribution in [2.24, 2.45) is 0 Å². The number of amides is 1. The van der Waals surface area contributed by atoms with Crippen LogP contribution in [0.4, 0.5) is 0 Å². The molecule has 0 aromatic carbocycles. The third-order valence-corrected chi connectivity index (χ3v) is 2.69. The van der Waals surface area contributed by atoms with Crippen LogP contribution in [0.2, 0.25) is 0 Å². The van der Waals surface area contributed by atoms with E-state index in [-0.39, 0.29) is 11.7 Å². The van der Waals surface area contributed by atoms with Gasteiger partial charge in [0.15, 0.2) is 11.1 Å². The molecule has 1 unspecified atom stereocenters. The van der Waals surface area contributed by atoms with Gasteiger partial charge in [-0.1, -0.05) is 6.92 Å². The summed E-state index contributed by atoms with van der Waals surface area (Å²) in [5.41, 5.74) is 0. The van der Waals surface area contributed by atoms with E-state index in [0.717, 1.165) is 6.42 Å². The highest BCUT2D eigenvalue weighted by Gasteiger charge is 2.13. The average molecular weight is 221 g/mol. The Hall–Kier alpha value is -0.420. The number of carbonyl (C=O) groups excluding carboxylic acids is 1. The Balaban J connectivity index is 3.86. The first-order valence-electron chi connectivity index (χ1n) is 4.95. The number of carbonyl (C=O) groups is 1. The summed E-state index contributed by atoms with van der Waals surface area (Å²) in [7, 11) is 0. The van der Waals surface area contributed by atoms with Gasteiger partial charge in [0.25, 0.3) is 0 Å². The molecule has 0 rings (SSSR count). The van der Waals surface area contributed by atoms with Crippen molar-refractivity contribution in [1.82, 2.24) is 4.90 Å². The Morgan fingerprint density at radius 2 is 1.86 bits per heavy atom. The summed E-state index contributed by atoms with van der Waals surface area (Å²) in [5.74, 6) is -0.133. The summed E-state index contributed by atoms with van der Waals surface area (Å²) in [5, 5.41) is 0. The lowest BCUT2D eigenvalue weighted by atomic mass is 10.5. The molecule has 84 valence electrons. The molecule has 0 aromatic rings. The highest BCUT2D eigenvalue weighted by molar-refractivity contribution is 7.80. The molecule has 0 aliphatic heterocycles. The van der Waals surface area contributed by atoms with E-state index in [1.807, 2.05) is 20.8 Å². The second-order valence-corrected chi connectivity index (χ2v) is 3.97. The summed E-state index contributed by atoms with van der Waals surface area (Å²) in [6.45, 7) is 7.48. The molecule has 0 aliphatic rings. The summed E-state index contributed by atoms with van der Waals surface area (Å²) >= 11 is -1.46. The Labute approximate surface area is 88.3 Å². The summed E-state index contributed by atoms with van der Waals surface area (Å²) in [4.78, 5) is 13.1. The van der Waals surface area contributed by atoms with Crippen LogP contribution in [-0.2, 0) is 20.1 Å². The lowest BCUT2D eigenvalue weighted by Crippen LogP contribution is -2.34. The standard InChI is InChI=1S/C9H19NO3S/c1-4-7-13-14(12)8-9(11)10(5-2)6-3/h4-8H2,1-3H3. The third kappa shape index (κ3) is 5.34. The molecular formula is C9H19NO3S. The number of hydrogen-bond acceptors (Lipinski definition) is 3. The van der Waals surface area contributed by atoms with Crippen LogP contribution in [0.5, 0.6) is 0 Å². The van der Waals surface area contributed by atoms with E-state index in [1.165, 1.54) is 0 Å². The Morgan fingerprint density at radius 1 is 1.29 bits per heavy atom. The van der Waals surface area contributed by atoms with Gasteiger partial charge in [0.1, 0.15) is 5.75 Å². The molecule has 1 amide bonds. The maximum absolute atomic E-state index is 11.4. The van der Waals surface area contributed by atoms with E-state index in [9.17, 15) is 9.00 Å². The minimum Gasteiger partial charge on any atom is -0.342 e. The van der Waals surface area contributed by atoms with E-state index in [4.69, 9.17) is 4.18 Å². The lowest BCUT2D eigenvalue weighted by Gasteiger charge is -2.17. The van der Waals surface area contributed by atoms with Crippen LogP contribution in [-0.4, -0.2) is 40.5 Å². The molecule has 0 saturated carbocycles. The number of hydrogen-bond donors (Lipinski definition) is 0. The molecule has 0 fully saturated rings. The van der Waals surface area contributed by atoms with Crippen LogP contribution < -0.4 is 0 Å². The van der Waals surface area contributed by atoms with Crippen LogP contribution in [0, 0.1) is 0 Å². The molecule has 4 nitrogen and oxygen atoms in total. The second-order valence-electron chi connectivity index (χ2n) is 2.84. The largest absolute Gasteiger partial charge is 0.342 e. The quantitative estimate of drug-likeness (QED) is 0.643. The van der Waals surface area contributed by atoms with Crippen molar-refractivity contribution in [1.29, 1.82) is 0 Å². The summed E-state index contributed by atoms with van der Waals surface area (Å²) < 4.78 is 16.1. The van der Waals surface area contributed by atoms with Crippen LogP contribution in [0.1, 0.15) is 27.2 Å². The first kappa shape index (κ1) is 13.6. The second kappa shape index (κ2) is 7.94. The van der Waals surface area contributed by atoms with Crippen molar-refractivity contribution in [3.63, 3.8) is 0 Å². The molecule has 0 bridgehead atoms. The Morgan fingerprint density at radius 3 is 2.29 bits per heavy atom. The van der Waals surface area contributed by atoms with Crippen molar-refractivity contribution in [3.05, 3.63) is 0 Å². The van der Waals surface area contributed by atoms with E-state index in [2.05, 4.69) is 0 Å². The normalized spacial score (nSPS) is 12.5. The Bertz CT molecular complexity index is 192. The monoisotopic (exact) mass is 221 g/mol. The summed E-state index contributed by atoms with van der Waals surface area (Å²) in [6.07, 6.45) is 0.811. The topological polar surface area (TPSA) is 46.6 Å². The van der Waals surface area contributed by atoms with E-state index < -0.39 is 11.1 Å². The van der Waals surface area contributed by atoms with Crippen molar-refractivity contribution >= 4 is 17.0 Å². The minimum absolute atomic E-state index is 0.0261. The van der Waals surface area contributed by atoms with Gasteiger partial charge in [-0.3, -0.25) is 8.98 Å². The van der Waals surface area contributed by atoms with E-state index >= 15 is 0 Å². The van der Waals surface area contributed by atoms with Crippen molar-refractivity contribution in [2.45, 2.75) is 27.2 Å². The Kier molecular flexibility index (Phi) is 7.70. The molecule has 0 aromatic heterocycles. The van der Waals surface area contributed by atoms with Crippen LogP contribution >= 0.6 is 0 Å². The molecule has 0 aliphatic carbocycles. The molecular weight excluding hydrogens is 202 g/mol. The fraction of sp³-hybridized carbons (Fsp3) is 0.889. The number of nitrogens with zero attached hydrogens (tertiary/aromatic N) is 1. The van der Waals surface area contributed by atoms with Gasteiger partial charge in [0.05, 0.1) is 6.61 Å². The predicted octanol–water partition coefficient (Wildman–Crippen LogP) is 0.945. The predicted molar refractivity (Wildman–Crippen MR) is 57.2 cm³/mol. The van der Waals surface area contributed by atoms with Gasteiger partial charge in [0.2, 0.25) is 5.91 Å². The van der Waals surface area contributed by atoms with Gasteiger partial charge in [-0.25, -0.2) is 4.21 Å². The van der Waals surface area contributed by atoms with Crippen molar-refractivity contribution in [2.75, 3.05) is 25.4 Å². The number of rotatable bonds is 7. The van der Waals surface area contributed by atoms with Crippen molar-refractivity contribution in [3.8, 4) is 0 Å². The molecule has 1 atom stereocenters. The summed E-state index contributed by atoms with van der Waals surface area (Å²) in [6, 6.07) is 0. The fourth-order valence-electron chi connectivity index (χ4n) is 0.986. The van der Waals surface area contributed by atoms with Crippen LogP contribution in [0.15, 0.2) is 0 Å². The zero-order valence-corrected chi connectivity index (χ0v) is 9.93. The van der Waals surface area contributed by atoms with Gasteiger partial charge in [-0.15, -0.1) is 0 Å². The molecule has 0 spiro atoms. The minimum atomic E-state index is -1.46. The van der Waals surface area contributed by atoms with Gasteiger partial charge in [-0.05, 0) is 20.3 Å². The smallest absolute Gasteiger partial charge is 0.237 e. The van der Waals surface area contributed by atoms with Gasteiger partial charge < -0.3 is 4.90 Å².